The van der Waals surface area contributed by atoms with Gasteiger partial charge in [0.15, 0.2) is 12.6 Å². The summed E-state index contributed by atoms with van der Waals surface area (Å²) in [5, 5.41) is -0.188. The van der Waals surface area contributed by atoms with E-state index >= 15 is 0 Å². The lowest BCUT2D eigenvalue weighted by Crippen LogP contribution is -2.63. The number of benzene rings is 1. The summed E-state index contributed by atoms with van der Waals surface area (Å²) in [5.74, 6) is 5.57. The fraction of sp³-hybridized carbons (Fsp3) is 0.795. The maximum Gasteiger partial charge on any atom is 0.303 e. The predicted molar refractivity (Wildman–Crippen MR) is 204 cm³/mol. The first-order valence-corrected chi connectivity index (χ1v) is 21.7. The minimum Gasteiger partial charge on any atom is -0.458 e. The summed E-state index contributed by atoms with van der Waals surface area (Å²) in [7, 11) is 0. The van der Waals surface area contributed by atoms with Crippen molar-refractivity contribution in [3.8, 4) is 0 Å². The van der Waals surface area contributed by atoms with E-state index in [2.05, 4.69) is 47.6 Å². The van der Waals surface area contributed by atoms with Crippen molar-refractivity contribution in [1.29, 1.82) is 0 Å². The topological polar surface area (TPSA) is 63.2 Å². The average Bonchev–Trinajstić information content (AvgIpc) is 3.47. The van der Waals surface area contributed by atoms with Crippen molar-refractivity contribution in [3.05, 3.63) is 47.5 Å². The first-order valence-electron chi connectivity index (χ1n) is 20.6. The highest BCUT2D eigenvalue weighted by atomic mass is 32.2. The minimum atomic E-state index is -0.525. The van der Waals surface area contributed by atoms with E-state index in [0.29, 0.717) is 12.0 Å². The molecule has 4 aliphatic carbocycles. The number of rotatable bonds is 11. The summed E-state index contributed by atoms with van der Waals surface area (Å²) in [6, 6.07) is 9.96. The molecule has 284 valence electrons. The molecule has 14 atom stereocenters. The van der Waals surface area contributed by atoms with Crippen LogP contribution in [0.2, 0.25) is 0 Å². The van der Waals surface area contributed by atoms with Crippen LogP contribution in [-0.4, -0.2) is 54.3 Å². The molecule has 7 heteroatoms. The number of ether oxygens (including phenoxy) is 5. The van der Waals surface area contributed by atoms with Gasteiger partial charge in [-0.05, 0) is 103 Å². The van der Waals surface area contributed by atoms with Crippen LogP contribution in [0.4, 0.5) is 0 Å². The predicted octanol–water partition coefficient (Wildman–Crippen LogP) is 10.3. The van der Waals surface area contributed by atoms with Crippen molar-refractivity contribution in [2.24, 2.45) is 46.3 Å². The van der Waals surface area contributed by atoms with E-state index in [4.69, 9.17) is 23.7 Å². The van der Waals surface area contributed by atoms with Gasteiger partial charge in [-0.3, -0.25) is 4.79 Å². The van der Waals surface area contributed by atoms with E-state index in [9.17, 15) is 4.79 Å². The molecule has 2 unspecified atom stereocenters. The van der Waals surface area contributed by atoms with Gasteiger partial charge in [0.2, 0.25) is 0 Å². The van der Waals surface area contributed by atoms with E-state index in [0.717, 1.165) is 59.7 Å². The van der Waals surface area contributed by atoms with Gasteiger partial charge in [-0.25, -0.2) is 0 Å². The van der Waals surface area contributed by atoms with E-state index in [-0.39, 0.29) is 28.8 Å². The molecule has 2 aliphatic heterocycles. The zero-order valence-corrected chi connectivity index (χ0v) is 33.3. The van der Waals surface area contributed by atoms with Crippen molar-refractivity contribution < 1.29 is 28.5 Å². The molecule has 0 radical (unpaired) electrons. The summed E-state index contributed by atoms with van der Waals surface area (Å²) in [6.45, 7) is 16.6. The fourth-order valence-corrected chi connectivity index (χ4v) is 13.2. The van der Waals surface area contributed by atoms with Crippen LogP contribution in [0.15, 0.2) is 42.0 Å². The number of hydrogen-bond acceptors (Lipinski definition) is 7. The third-order valence-corrected chi connectivity index (χ3v) is 15.8. The van der Waals surface area contributed by atoms with Gasteiger partial charge in [0.25, 0.3) is 0 Å². The standard InChI is InChI=1S/C44H66O6S/c1-8-51-40-39(47-29(5)45)38-37(26-46-41(50-38)30-15-10-9-11-16-30)49-42(40)48-32-21-23-43(6)31(25-32)17-18-33-35-20-19-34(28(4)14-12-13-27(2)3)44(35,7)24-22-36(33)43/h9-11,15-17,27-28,32-42H,8,12-14,18-26H2,1-7H3/t28-,32+,33+,34-,35+,36+,37-,38-,39+,40-,41?,42?,43+,44-/m1/s1. The second-order valence-electron chi connectivity index (χ2n) is 18.0. The summed E-state index contributed by atoms with van der Waals surface area (Å²) < 4.78 is 32.5. The van der Waals surface area contributed by atoms with Crippen LogP contribution in [0.5, 0.6) is 0 Å². The molecule has 0 bridgehead atoms. The van der Waals surface area contributed by atoms with Crippen molar-refractivity contribution >= 4 is 17.7 Å². The molecular formula is C44H66O6S. The second kappa shape index (κ2) is 15.8. The highest BCUT2D eigenvalue weighted by molar-refractivity contribution is 7.99. The average molecular weight is 723 g/mol. The van der Waals surface area contributed by atoms with Crippen molar-refractivity contribution in [3.63, 3.8) is 0 Å². The molecule has 5 fully saturated rings. The molecule has 0 spiro atoms. The quantitative estimate of drug-likeness (QED) is 0.166. The molecule has 51 heavy (non-hydrogen) atoms. The highest BCUT2D eigenvalue weighted by Gasteiger charge is 2.60. The maximum absolute atomic E-state index is 12.5. The molecule has 0 aromatic heterocycles. The van der Waals surface area contributed by atoms with E-state index < -0.39 is 24.8 Å². The van der Waals surface area contributed by atoms with Crippen LogP contribution in [0.25, 0.3) is 0 Å². The Morgan fingerprint density at radius 3 is 2.55 bits per heavy atom. The summed E-state index contributed by atoms with van der Waals surface area (Å²) in [4.78, 5) is 12.5. The Morgan fingerprint density at radius 1 is 1.00 bits per heavy atom. The molecule has 0 amide bonds. The van der Waals surface area contributed by atoms with Crippen LogP contribution in [-0.2, 0) is 28.5 Å². The van der Waals surface area contributed by atoms with E-state index in [1.807, 2.05) is 30.3 Å². The zero-order chi connectivity index (χ0) is 35.9. The summed E-state index contributed by atoms with van der Waals surface area (Å²) in [6.07, 6.45) is 14.7. The molecule has 7 rings (SSSR count). The molecule has 3 saturated carbocycles. The molecule has 2 saturated heterocycles. The van der Waals surface area contributed by atoms with Crippen LogP contribution in [0.1, 0.15) is 131 Å². The number of hydrogen-bond donors (Lipinski definition) is 0. The third-order valence-electron chi connectivity index (χ3n) is 14.6. The van der Waals surface area contributed by atoms with Crippen molar-refractivity contribution in [2.45, 2.75) is 161 Å². The molecule has 1 aromatic rings. The number of carbonyl (C=O) groups is 1. The van der Waals surface area contributed by atoms with Crippen molar-refractivity contribution in [1.82, 2.24) is 0 Å². The first kappa shape index (κ1) is 37.9. The Kier molecular flexibility index (Phi) is 11.7. The monoisotopic (exact) mass is 722 g/mol. The zero-order valence-electron chi connectivity index (χ0n) is 32.5. The molecule has 6 nitrogen and oxygen atoms in total. The smallest absolute Gasteiger partial charge is 0.303 e. The number of allylic oxidation sites excluding steroid dienone is 1. The molecule has 1 aromatic carbocycles. The lowest BCUT2D eigenvalue weighted by atomic mass is 9.47. The van der Waals surface area contributed by atoms with Gasteiger partial charge in [-0.2, -0.15) is 0 Å². The Balaban J connectivity index is 1.03. The van der Waals surface area contributed by atoms with Gasteiger partial charge in [0.1, 0.15) is 18.3 Å². The normalized spacial score (nSPS) is 42.6. The van der Waals surface area contributed by atoms with Gasteiger partial charge in [-0.15, -0.1) is 11.8 Å². The summed E-state index contributed by atoms with van der Waals surface area (Å²) in [5.41, 5.74) is 3.35. The Hall–Kier alpha value is -1.38. The Labute approximate surface area is 312 Å². The molecule has 2 heterocycles. The first-order chi connectivity index (χ1) is 24.5. The molecule has 0 N–H and O–H groups in total. The SMILES string of the molecule is CCS[C@H]1C(O[C@H]2CC[C@@]3(C)C(=CC[C@H]4[C@@H]5CC[C@H]([C@H](C)CCCC(C)C)[C@@]5(C)CC[C@@H]43)C2)O[C@@H]2COC(c3ccccc3)O[C@H]2[C@@H]1OC(C)=O. The van der Waals surface area contributed by atoms with Crippen LogP contribution < -0.4 is 0 Å². The lowest BCUT2D eigenvalue weighted by Gasteiger charge is -2.58. The Morgan fingerprint density at radius 2 is 1.80 bits per heavy atom. The number of thioether (sulfide) groups is 1. The summed E-state index contributed by atoms with van der Waals surface area (Å²) >= 11 is 1.74. The highest BCUT2D eigenvalue weighted by Crippen LogP contribution is 2.67. The van der Waals surface area contributed by atoms with Gasteiger partial charge in [-0.1, -0.05) is 103 Å². The fourth-order valence-electron chi connectivity index (χ4n) is 12.1. The second-order valence-corrected chi connectivity index (χ2v) is 19.5. The third kappa shape index (κ3) is 7.51. The number of carbonyl (C=O) groups excluding carboxylic acids is 1. The van der Waals surface area contributed by atoms with Crippen LogP contribution >= 0.6 is 11.8 Å². The van der Waals surface area contributed by atoms with Gasteiger partial charge in [0, 0.05) is 12.5 Å². The van der Waals surface area contributed by atoms with Crippen LogP contribution in [0, 0.1) is 46.3 Å². The Bertz CT molecular complexity index is 1370. The van der Waals surface area contributed by atoms with Gasteiger partial charge < -0.3 is 23.7 Å². The number of esters is 1. The van der Waals surface area contributed by atoms with Crippen LogP contribution in [0.3, 0.4) is 0 Å². The number of fused-ring (bicyclic) bond motifs is 6. The minimum absolute atomic E-state index is 0.0826. The van der Waals surface area contributed by atoms with Crippen molar-refractivity contribution in [2.75, 3.05) is 12.4 Å². The maximum atomic E-state index is 12.5. The van der Waals surface area contributed by atoms with Gasteiger partial charge >= 0.3 is 5.97 Å². The molecular weight excluding hydrogens is 657 g/mol. The van der Waals surface area contributed by atoms with Gasteiger partial charge in [0.05, 0.1) is 18.0 Å². The molecule has 6 aliphatic rings. The van der Waals surface area contributed by atoms with E-state index in [1.165, 1.54) is 64.7 Å². The lowest BCUT2D eigenvalue weighted by molar-refractivity contribution is -0.340. The van der Waals surface area contributed by atoms with E-state index in [1.54, 1.807) is 17.3 Å². The largest absolute Gasteiger partial charge is 0.458 e.